The highest BCUT2D eigenvalue weighted by molar-refractivity contribution is 5.95. The van der Waals surface area contributed by atoms with Gasteiger partial charge in [-0.05, 0) is 24.6 Å². The molecule has 1 aliphatic heterocycles. The third-order valence-electron chi connectivity index (χ3n) is 3.68. The van der Waals surface area contributed by atoms with Crippen molar-refractivity contribution < 1.29 is 31.8 Å². The summed E-state index contributed by atoms with van der Waals surface area (Å²) in [5.41, 5.74) is 0.926. The summed E-state index contributed by atoms with van der Waals surface area (Å²) in [6.07, 6.45) is -4.05. The number of nitrogens with one attached hydrogen (secondary N) is 2. The molecule has 1 aromatic rings. The molecule has 1 fully saturated rings. The lowest BCUT2D eigenvalue weighted by molar-refractivity contribution is -0.168. The lowest BCUT2D eigenvalue weighted by Crippen LogP contribution is -2.53. The van der Waals surface area contributed by atoms with Crippen LogP contribution in [0.5, 0.6) is 0 Å². The fourth-order valence-electron chi connectivity index (χ4n) is 2.35. The molecule has 1 saturated heterocycles. The molecule has 2 N–H and O–H groups in total. The molecule has 0 unspecified atom stereocenters. The van der Waals surface area contributed by atoms with Gasteiger partial charge in [-0.2, -0.15) is 8.78 Å². The Hall–Kier alpha value is -1.42. The monoisotopic (exact) mass is 400 g/mol. The molecule has 0 bridgehead atoms. The molecule has 0 aromatic heterocycles. The molecule has 0 spiro atoms. The molecular formula is C16H21ClF4N2O3. The standard InChI is InChI=1S/C16H20F4N2O3.ClH/c1-10-13(21-5-6-25-10)14(23)22-12-4-2-3-11(7-12)8-24-9-16(19,20)15(17)18;/h2-4,7,10,13,15,21H,5-6,8-9H2,1H3,(H,22,23);1H/t10-,13+;/m1./s1. The lowest BCUT2D eigenvalue weighted by Gasteiger charge is -2.29. The first-order valence-corrected chi connectivity index (χ1v) is 7.78. The normalized spacial score (nSPS) is 20.5. The Morgan fingerprint density at radius 3 is 2.85 bits per heavy atom. The number of carbonyl (C=O) groups is 1. The maximum atomic E-state index is 12.8. The summed E-state index contributed by atoms with van der Waals surface area (Å²) in [5.74, 6) is -4.47. The van der Waals surface area contributed by atoms with Crippen molar-refractivity contribution >= 4 is 24.0 Å². The van der Waals surface area contributed by atoms with Crippen molar-refractivity contribution in [2.45, 2.75) is 38.0 Å². The lowest BCUT2D eigenvalue weighted by atomic mass is 10.1. The molecule has 1 aliphatic rings. The molecule has 10 heteroatoms. The molecular weight excluding hydrogens is 380 g/mol. The van der Waals surface area contributed by atoms with E-state index in [4.69, 9.17) is 4.74 Å². The van der Waals surface area contributed by atoms with Gasteiger partial charge in [-0.25, -0.2) is 8.78 Å². The van der Waals surface area contributed by atoms with E-state index in [0.717, 1.165) is 0 Å². The Morgan fingerprint density at radius 2 is 2.19 bits per heavy atom. The average molecular weight is 401 g/mol. The van der Waals surface area contributed by atoms with Crippen molar-refractivity contribution in [1.82, 2.24) is 5.32 Å². The van der Waals surface area contributed by atoms with E-state index in [1.165, 1.54) is 6.07 Å². The predicted octanol–water partition coefficient (Wildman–Crippen LogP) is 2.84. The van der Waals surface area contributed by atoms with Crippen molar-refractivity contribution in [1.29, 1.82) is 0 Å². The first kappa shape index (κ1) is 22.6. The average Bonchev–Trinajstić information content (AvgIpc) is 2.55. The van der Waals surface area contributed by atoms with Gasteiger partial charge in [0.2, 0.25) is 5.91 Å². The van der Waals surface area contributed by atoms with Gasteiger partial charge in [-0.1, -0.05) is 12.1 Å². The number of carbonyl (C=O) groups excluding carboxylic acids is 1. The number of amides is 1. The molecule has 0 radical (unpaired) electrons. The number of anilines is 1. The second-order valence-electron chi connectivity index (χ2n) is 5.75. The summed E-state index contributed by atoms with van der Waals surface area (Å²) >= 11 is 0. The van der Waals surface area contributed by atoms with E-state index in [0.29, 0.717) is 24.4 Å². The Balaban J connectivity index is 0.00000338. The van der Waals surface area contributed by atoms with E-state index in [-0.39, 0.29) is 31.0 Å². The van der Waals surface area contributed by atoms with Gasteiger partial charge < -0.3 is 20.1 Å². The molecule has 0 saturated carbocycles. The molecule has 2 rings (SSSR count). The van der Waals surface area contributed by atoms with Gasteiger partial charge in [0.25, 0.3) is 0 Å². The van der Waals surface area contributed by atoms with Gasteiger partial charge in [0.1, 0.15) is 12.6 Å². The van der Waals surface area contributed by atoms with Gasteiger partial charge >= 0.3 is 12.3 Å². The zero-order chi connectivity index (χ0) is 18.4. The van der Waals surface area contributed by atoms with E-state index >= 15 is 0 Å². The number of benzene rings is 1. The maximum absolute atomic E-state index is 12.8. The SMILES string of the molecule is C[C@H]1OCCN[C@@H]1C(=O)Nc1cccc(COCC(F)(F)C(F)F)c1.Cl. The molecule has 1 aromatic carbocycles. The summed E-state index contributed by atoms with van der Waals surface area (Å²) in [5, 5.41) is 5.75. The smallest absolute Gasteiger partial charge is 0.330 e. The van der Waals surface area contributed by atoms with Crippen LogP contribution in [0.2, 0.25) is 0 Å². The van der Waals surface area contributed by atoms with E-state index in [9.17, 15) is 22.4 Å². The van der Waals surface area contributed by atoms with Crippen LogP contribution in [0.25, 0.3) is 0 Å². The van der Waals surface area contributed by atoms with Crippen molar-refractivity contribution in [3.05, 3.63) is 29.8 Å². The summed E-state index contributed by atoms with van der Waals surface area (Å²) in [6, 6.07) is 5.85. The summed E-state index contributed by atoms with van der Waals surface area (Å²) < 4.78 is 59.8. The first-order valence-electron chi connectivity index (χ1n) is 7.78. The van der Waals surface area contributed by atoms with E-state index < -0.39 is 25.0 Å². The Morgan fingerprint density at radius 1 is 1.46 bits per heavy atom. The Kier molecular flexibility index (Phi) is 8.75. The topological polar surface area (TPSA) is 59.6 Å². The number of rotatable bonds is 7. The highest BCUT2D eigenvalue weighted by atomic mass is 35.5. The zero-order valence-corrected chi connectivity index (χ0v) is 14.8. The van der Waals surface area contributed by atoms with Crippen LogP contribution in [-0.2, 0) is 20.9 Å². The van der Waals surface area contributed by atoms with Gasteiger partial charge in [-0.15, -0.1) is 12.4 Å². The minimum absolute atomic E-state index is 0. The molecule has 2 atom stereocenters. The minimum Gasteiger partial charge on any atom is -0.375 e. The van der Waals surface area contributed by atoms with Crippen LogP contribution in [0.4, 0.5) is 23.2 Å². The fourth-order valence-corrected chi connectivity index (χ4v) is 2.35. The van der Waals surface area contributed by atoms with Gasteiger partial charge in [0.05, 0.1) is 19.3 Å². The predicted molar refractivity (Wildman–Crippen MR) is 90.1 cm³/mol. The summed E-state index contributed by atoms with van der Waals surface area (Å²) in [7, 11) is 0. The summed E-state index contributed by atoms with van der Waals surface area (Å²) in [4.78, 5) is 12.2. The number of morpholine rings is 1. The maximum Gasteiger partial charge on any atom is 0.330 e. The number of halogens is 5. The van der Waals surface area contributed by atoms with Crippen molar-refractivity contribution in [2.24, 2.45) is 0 Å². The van der Waals surface area contributed by atoms with Crippen LogP contribution >= 0.6 is 12.4 Å². The second-order valence-corrected chi connectivity index (χ2v) is 5.75. The number of hydrogen-bond acceptors (Lipinski definition) is 4. The first-order chi connectivity index (χ1) is 11.8. The molecule has 1 amide bonds. The highest BCUT2D eigenvalue weighted by Crippen LogP contribution is 2.23. The van der Waals surface area contributed by atoms with Crippen LogP contribution in [0.3, 0.4) is 0 Å². The molecule has 5 nitrogen and oxygen atoms in total. The van der Waals surface area contributed by atoms with E-state index in [2.05, 4.69) is 15.4 Å². The van der Waals surface area contributed by atoms with E-state index in [1.54, 1.807) is 25.1 Å². The number of alkyl halides is 4. The number of hydrogen-bond donors (Lipinski definition) is 2. The fraction of sp³-hybridized carbons (Fsp3) is 0.562. The van der Waals surface area contributed by atoms with Gasteiger partial charge in [-0.3, -0.25) is 4.79 Å². The van der Waals surface area contributed by atoms with Crippen LogP contribution in [-0.4, -0.2) is 50.2 Å². The molecule has 26 heavy (non-hydrogen) atoms. The van der Waals surface area contributed by atoms with Crippen LogP contribution in [0.15, 0.2) is 24.3 Å². The molecule has 0 aliphatic carbocycles. The summed E-state index contributed by atoms with van der Waals surface area (Å²) in [6.45, 7) is 1.23. The minimum atomic E-state index is -4.19. The van der Waals surface area contributed by atoms with Crippen LogP contribution in [0.1, 0.15) is 12.5 Å². The Bertz CT molecular complexity index is 592. The molecule has 1 heterocycles. The van der Waals surface area contributed by atoms with Gasteiger partial charge in [0, 0.05) is 12.2 Å². The quantitative estimate of drug-likeness (QED) is 0.691. The van der Waals surface area contributed by atoms with Crippen molar-refractivity contribution in [2.75, 3.05) is 25.1 Å². The highest BCUT2D eigenvalue weighted by Gasteiger charge is 2.40. The van der Waals surface area contributed by atoms with E-state index in [1.807, 2.05) is 0 Å². The Labute approximate surface area is 154 Å². The van der Waals surface area contributed by atoms with Crippen LogP contribution < -0.4 is 10.6 Å². The molecule has 148 valence electrons. The van der Waals surface area contributed by atoms with Crippen LogP contribution in [0, 0.1) is 0 Å². The zero-order valence-electron chi connectivity index (χ0n) is 14.0. The number of ether oxygens (including phenoxy) is 2. The van der Waals surface area contributed by atoms with Crippen molar-refractivity contribution in [3.8, 4) is 0 Å². The largest absolute Gasteiger partial charge is 0.375 e. The second kappa shape index (κ2) is 10.1. The third-order valence-corrected chi connectivity index (χ3v) is 3.68. The third kappa shape index (κ3) is 6.39. The van der Waals surface area contributed by atoms with Crippen molar-refractivity contribution in [3.63, 3.8) is 0 Å². The van der Waals surface area contributed by atoms with Gasteiger partial charge in [0.15, 0.2) is 0 Å².